The Labute approximate surface area is 138 Å². The minimum Gasteiger partial charge on any atom is -0.268 e. The fourth-order valence-electron chi connectivity index (χ4n) is 2.43. The maximum Gasteiger partial charge on any atom is 0.277 e. The molecule has 0 aliphatic heterocycles. The van der Waals surface area contributed by atoms with Crippen molar-refractivity contribution in [3.8, 4) is 0 Å². The Hall–Kier alpha value is -2.50. The average molecular weight is 341 g/mol. The van der Waals surface area contributed by atoms with Crippen LogP contribution in [0.15, 0.2) is 58.1 Å². The Morgan fingerprint density at radius 1 is 1.04 bits per heavy atom. The monoisotopic (exact) mass is 340 g/mol. The van der Waals surface area contributed by atoms with E-state index >= 15 is 0 Å². The summed E-state index contributed by atoms with van der Waals surface area (Å²) in [7, 11) is 0. The molecule has 0 fully saturated rings. The van der Waals surface area contributed by atoms with Crippen LogP contribution in [0.1, 0.15) is 5.56 Å². The number of halogens is 1. The summed E-state index contributed by atoms with van der Waals surface area (Å²) in [5.74, 6) is 0. The van der Waals surface area contributed by atoms with Crippen molar-refractivity contribution in [3.63, 3.8) is 0 Å². The number of benzene rings is 2. The number of hydrogen-bond donors (Lipinski definition) is 0. The molecule has 0 N–H and O–H groups in total. The van der Waals surface area contributed by atoms with Crippen LogP contribution < -0.4 is 15.7 Å². The molecule has 112 valence electrons. The summed E-state index contributed by atoms with van der Waals surface area (Å²) in [6.45, 7) is 0. The van der Waals surface area contributed by atoms with Crippen molar-refractivity contribution in [1.82, 2.24) is 9.38 Å². The van der Waals surface area contributed by atoms with Gasteiger partial charge in [-0.1, -0.05) is 53.3 Å². The van der Waals surface area contributed by atoms with E-state index in [9.17, 15) is 9.59 Å². The molecule has 4 aromatic rings. The zero-order chi connectivity index (χ0) is 16.0. The first-order chi connectivity index (χ1) is 11.1. The summed E-state index contributed by atoms with van der Waals surface area (Å²) in [5, 5.41) is 0.784. The second-order valence-corrected chi connectivity index (χ2v) is 6.47. The molecule has 0 saturated heterocycles. The van der Waals surface area contributed by atoms with Gasteiger partial charge in [-0.05, 0) is 29.8 Å². The molecular weight excluding hydrogens is 332 g/mol. The summed E-state index contributed by atoms with van der Waals surface area (Å²) < 4.78 is 1.58. The quantitative estimate of drug-likeness (QED) is 0.535. The van der Waals surface area contributed by atoms with Crippen LogP contribution in [0.4, 0.5) is 0 Å². The molecule has 2 heterocycles. The number of aromatic nitrogens is 2. The highest BCUT2D eigenvalue weighted by atomic mass is 35.5. The van der Waals surface area contributed by atoms with E-state index in [1.54, 1.807) is 18.2 Å². The summed E-state index contributed by atoms with van der Waals surface area (Å²) in [6, 6.07) is 14.4. The van der Waals surface area contributed by atoms with Gasteiger partial charge in [0.1, 0.15) is 0 Å². The van der Waals surface area contributed by atoms with Gasteiger partial charge in [0, 0.05) is 5.02 Å². The molecule has 23 heavy (non-hydrogen) atoms. The molecule has 2 aromatic heterocycles. The van der Waals surface area contributed by atoms with Gasteiger partial charge in [-0.15, -0.1) is 0 Å². The van der Waals surface area contributed by atoms with E-state index in [1.165, 1.54) is 17.4 Å². The first-order valence-corrected chi connectivity index (χ1v) is 8.04. The molecule has 0 amide bonds. The lowest BCUT2D eigenvalue weighted by molar-refractivity contribution is 1.05. The molecular formula is C17H9ClN2O2S. The lowest BCUT2D eigenvalue weighted by atomic mass is 10.2. The molecule has 0 radical (unpaired) electrons. The van der Waals surface area contributed by atoms with E-state index < -0.39 is 0 Å². The van der Waals surface area contributed by atoms with Gasteiger partial charge in [0.2, 0.25) is 4.96 Å². The van der Waals surface area contributed by atoms with Crippen molar-refractivity contribution in [1.29, 1.82) is 0 Å². The summed E-state index contributed by atoms with van der Waals surface area (Å²) in [6.07, 6.45) is 1.76. The van der Waals surface area contributed by atoms with Gasteiger partial charge in [-0.2, -0.15) is 0 Å². The Morgan fingerprint density at radius 3 is 2.61 bits per heavy atom. The third kappa shape index (κ3) is 2.34. The maximum absolute atomic E-state index is 12.6. The van der Waals surface area contributed by atoms with Gasteiger partial charge < -0.3 is 0 Å². The van der Waals surface area contributed by atoms with Crippen molar-refractivity contribution in [3.05, 3.63) is 84.4 Å². The van der Waals surface area contributed by atoms with Crippen LogP contribution in [-0.4, -0.2) is 9.38 Å². The minimum atomic E-state index is -0.388. The summed E-state index contributed by atoms with van der Waals surface area (Å²) >= 11 is 7.14. The van der Waals surface area contributed by atoms with Crippen LogP contribution in [0.5, 0.6) is 0 Å². The number of thiazole rings is 1. The van der Waals surface area contributed by atoms with Crippen molar-refractivity contribution >= 4 is 44.9 Å². The van der Waals surface area contributed by atoms with Crippen molar-refractivity contribution < 1.29 is 0 Å². The first-order valence-electron chi connectivity index (χ1n) is 6.85. The van der Waals surface area contributed by atoms with Crippen LogP contribution >= 0.6 is 22.9 Å². The summed E-state index contributed by atoms with van der Waals surface area (Å²) in [5.41, 5.74) is 0.693. The molecule has 0 saturated carbocycles. The van der Waals surface area contributed by atoms with Crippen molar-refractivity contribution in [2.75, 3.05) is 0 Å². The van der Waals surface area contributed by atoms with E-state index in [-0.39, 0.29) is 11.1 Å². The second-order valence-electron chi connectivity index (χ2n) is 5.02. The topological polar surface area (TPSA) is 51.4 Å². The average Bonchev–Trinajstić information content (AvgIpc) is 2.85. The Morgan fingerprint density at radius 2 is 1.83 bits per heavy atom. The Balaban J connectivity index is 2.11. The molecule has 0 bridgehead atoms. The second kappa shape index (κ2) is 5.30. The third-order valence-corrected chi connectivity index (χ3v) is 4.72. The van der Waals surface area contributed by atoms with Crippen molar-refractivity contribution in [2.24, 2.45) is 0 Å². The van der Waals surface area contributed by atoms with Gasteiger partial charge in [0.25, 0.3) is 11.1 Å². The number of nitrogens with zero attached hydrogens (tertiary/aromatic N) is 2. The predicted molar refractivity (Wildman–Crippen MR) is 93.4 cm³/mol. The number of hydrogen-bond acceptors (Lipinski definition) is 4. The van der Waals surface area contributed by atoms with Gasteiger partial charge >= 0.3 is 0 Å². The maximum atomic E-state index is 12.6. The standard InChI is InChI=1S/C17H9ClN2O2S/c18-11-6-7-13-12(9-11)15(21)20-16(22)14(23-17(20)19-13)8-10-4-2-1-3-5-10/h1-9H/b14-8-. The normalized spacial score (nSPS) is 12.3. The van der Waals surface area contributed by atoms with Crippen LogP contribution in [0.2, 0.25) is 5.02 Å². The zero-order valence-corrected chi connectivity index (χ0v) is 13.3. The number of fused-ring (bicyclic) bond motifs is 2. The predicted octanol–water partition coefficient (Wildman–Crippen LogP) is 2.47. The van der Waals surface area contributed by atoms with E-state index in [0.717, 1.165) is 9.96 Å². The molecule has 0 atom stereocenters. The van der Waals surface area contributed by atoms with Gasteiger partial charge in [-0.3, -0.25) is 9.59 Å². The van der Waals surface area contributed by atoms with E-state index in [0.29, 0.717) is 25.4 Å². The Bertz CT molecular complexity index is 1210. The van der Waals surface area contributed by atoms with Crippen LogP contribution in [0.3, 0.4) is 0 Å². The largest absolute Gasteiger partial charge is 0.277 e. The SMILES string of the molecule is O=c1/c(=C/c2ccccc2)sc2nc3ccc(Cl)cc3c(=O)n12. The van der Waals surface area contributed by atoms with Crippen molar-refractivity contribution in [2.45, 2.75) is 0 Å². The van der Waals surface area contributed by atoms with E-state index in [1.807, 2.05) is 30.3 Å². The van der Waals surface area contributed by atoms with Crippen LogP contribution in [-0.2, 0) is 0 Å². The molecule has 4 nitrogen and oxygen atoms in total. The van der Waals surface area contributed by atoms with Crippen LogP contribution in [0.25, 0.3) is 21.9 Å². The minimum absolute atomic E-state index is 0.344. The highest BCUT2D eigenvalue weighted by Gasteiger charge is 2.11. The number of rotatable bonds is 1. The zero-order valence-electron chi connectivity index (χ0n) is 11.7. The molecule has 0 aliphatic carbocycles. The van der Waals surface area contributed by atoms with E-state index in [2.05, 4.69) is 4.98 Å². The lowest BCUT2D eigenvalue weighted by Crippen LogP contribution is -2.31. The highest BCUT2D eigenvalue weighted by Crippen LogP contribution is 2.15. The Kier molecular flexibility index (Phi) is 3.25. The molecule has 4 rings (SSSR count). The fraction of sp³-hybridized carbons (Fsp3) is 0. The molecule has 0 aliphatic rings. The molecule has 0 spiro atoms. The smallest absolute Gasteiger partial charge is 0.268 e. The highest BCUT2D eigenvalue weighted by molar-refractivity contribution is 7.15. The lowest BCUT2D eigenvalue weighted by Gasteiger charge is -1.97. The van der Waals surface area contributed by atoms with Crippen LogP contribution in [0, 0.1) is 0 Å². The van der Waals surface area contributed by atoms with Gasteiger partial charge in [0.05, 0.1) is 15.4 Å². The third-order valence-electron chi connectivity index (χ3n) is 3.51. The van der Waals surface area contributed by atoms with Gasteiger partial charge in [0.15, 0.2) is 0 Å². The molecule has 0 unspecified atom stereocenters. The van der Waals surface area contributed by atoms with Gasteiger partial charge in [-0.25, -0.2) is 9.38 Å². The summed E-state index contributed by atoms with van der Waals surface area (Å²) in [4.78, 5) is 29.9. The molecule has 2 aromatic carbocycles. The fourth-order valence-corrected chi connectivity index (χ4v) is 3.57. The molecule has 6 heteroatoms. The van der Waals surface area contributed by atoms with E-state index in [4.69, 9.17) is 11.6 Å². The first kappa shape index (κ1) is 14.1.